The molecule has 3 rings (SSSR count). The Morgan fingerprint density at radius 1 is 1.10 bits per heavy atom. The molecule has 0 atom stereocenters. The summed E-state index contributed by atoms with van der Waals surface area (Å²) in [6, 6.07) is 15.2. The van der Waals surface area contributed by atoms with Crippen molar-refractivity contribution >= 4 is 16.9 Å². The van der Waals surface area contributed by atoms with Crippen LogP contribution in [0.5, 0.6) is 0 Å². The van der Waals surface area contributed by atoms with E-state index in [1.54, 1.807) is 0 Å². The third-order valence-corrected chi connectivity index (χ3v) is 3.35. The molecule has 0 fully saturated rings. The van der Waals surface area contributed by atoms with Gasteiger partial charge >= 0.3 is 0 Å². The molecular weight excluding hydrogens is 250 g/mol. The van der Waals surface area contributed by atoms with Gasteiger partial charge in [-0.05, 0) is 24.1 Å². The van der Waals surface area contributed by atoms with Gasteiger partial charge in [0.05, 0.1) is 6.42 Å². The lowest BCUT2D eigenvalue weighted by molar-refractivity contribution is 0.0985. The molecular formula is C17H15NO2. The van der Waals surface area contributed by atoms with E-state index in [9.17, 15) is 4.79 Å². The summed E-state index contributed by atoms with van der Waals surface area (Å²) >= 11 is 0. The maximum absolute atomic E-state index is 12.4. The number of nitrogens with zero attached hydrogens (tertiary/aromatic N) is 1. The zero-order chi connectivity index (χ0) is 13.9. The molecule has 20 heavy (non-hydrogen) atoms. The third-order valence-electron chi connectivity index (χ3n) is 3.35. The van der Waals surface area contributed by atoms with Crippen molar-refractivity contribution in [1.82, 2.24) is 4.98 Å². The number of carbonyl (C=O) groups excluding carboxylic acids is 1. The fourth-order valence-electron chi connectivity index (χ4n) is 2.33. The number of hydrogen-bond donors (Lipinski definition) is 0. The van der Waals surface area contributed by atoms with Crippen molar-refractivity contribution in [2.45, 2.75) is 19.8 Å². The third kappa shape index (κ3) is 2.35. The van der Waals surface area contributed by atoms with Gasteiger partial charge in [-0.2, -0.15) is 0 Å². The highest BCUT2D eigenvalue weighted by molar-refractivity contribution is 5.98. The SMILES string of the molecule is CCc1ccccc1C(=O)Cc1nc2ccccc2o1. The van der Waals surface area contributed by atoms with Crippen LogP contribution in [0.1, 0.15) is 28.7 Å². The van der Waals surface area contributed by atoms with Crippen LogP contribution in [0.25, 0.3) is 11.1 Å². The minimum atomic E-state index is 0.0500. The lowest BCUT2D eigenvalue weighted by Gasteiger charge is -2.04. The number of benzene rings is 2. The Hall–Kier alpha value is -2.42. The number of Topliss-reactive ketones (excluding diaryl/α,β-unsaturated/α-hetero) is 1. The van der Waals surface area contributed by atoms with Crippen LogP contribution in [0.4, 0.5) is 0 Å². The minimum absolute atomic E-state index is 0.0500. The van der Waals surface area contributed by atoms with E-state index in [0.717, 1.165) is 28.6 Å². The van der Waals surface area contributed by atoms with Crippen molar-refractivity contribution in [3.8, 4) is 0 Å². The van der Waals surface area contributed by atoms with Crippen LogP contribution in [-0.2, 0) is 12.8 Å². The lowest BCUT2D eigenvalue weighted by atomic mass is 10.00. The number of ketones is 1. The van der Waals surface area contributed by atoms with Crippen LogP contribution in [0.2, 0.25) is 0 Å². The molecule has 0 bridgehead atoms. The molecule has 1 aromatic heterocycles. The molecule has 2 aromatic carbocycles. The Labute approximate surface area is 117 Å². The number of carbonyl (C=O) groups is 1. The molecule has 0 saturated heterocycles. The highest BCUT2D eigenvalue weighted by atomic mass is 16.3. The molecule has 0 radical (unpaired) electrons. The van der Waals surface area contributed by atoms with Gasteiger partial charge in [0.25, 0.3) is 0 Å². The summed E-state index contributed by atoms with van der Waals surface area (Å²) in [4.78, 5) is 16.7. The van der Waals surface area contributed by atoms with Crippen LogP contribution in [0.3, 0.4) is 0 Å². The summed E-state index contributed by atoms with van der Waals surface area (Å²) in [6.07, 6.45) is 1.04. The number of para-hydroxylation sites is 2. The average molecular weight is 265 g/mol. The molecule has 3 heteroatoms. The van der Waals surface area contributed by atoms with Crippen LogP contribution in [0, 0.1) is 0 Å². The molecule has 0 aliphatic rings. The van der Waals surface area contributed by atoms with Gasteiger partial charge in [0.2, 0.25) is 5.89 Å². The standard InChI is InChI=1S/C17H15NO2/c1-2-12-7-3-4-8-13(12)15(19)11-17-18-14-9-5-6-10-16(14)20-17/h3-10H,2,11H2,1H3. The summed E-state index contributed by atoms with van der Waals surface area (Å²) in [5.41, 5.74) is 3.34. The molecule has 0 aliphatic carbocycles. The number of aromatic nitrogens is 1. The van der Waals surface area contributed by atoms with Crippen molar-refractivity contribution in [3.63, 3.8) is 0 Å². The van der Waals surface area contributed by atoms with Gasteiger partial charge in [-0.25, -0.2) is 4.98 Å². The molecule has 1 heterocycles. The molecule has 100 valence electrons. The van der Waals surface area contributed by atoms with E-state index < -0.39 is 0 Å². The molecule has 0 N–H and O–H groups in total. The summed E-state index contributed by atoms with van der Waals surface area (Å²) in [5, 5.41) is 0. The summed E-state index contributed by atoms with van der Waals surface area (Å²) < 4.78 is 5.60. The van der Waals surface area contributed by atoms with E-state index >= 15 is 0 Å². The fraction of sp³-hybridized carbons (Fsp3) is 0.176. The number of oxazole rings is 1. The number of aryl methyl sites for hydroxylation is 1. The number of fused-ring (bicyclic) bond motifs is 1. The topological polar surface area (TPSA) is 43.1 Å². The number of hydrogen-bond acceptors (Lipinski definition) is 3. The van der Waals surface area contributed by atoms with Gasteiger partial charge in [-0.15, -0.1) is 0 Å². The van der Waals surface area contributed by atoms with Gasteiger partial charge in [0.15, 0.2) is 11.4 Å². The Morgan fingerprint density at radius 2 is 1.85 bits per heavy atom. The van der Waals surface area contributed by atoms with Gasteiger partial charge < -0.3 is 4.42 Å². The van der Waals surface area contributed by atoms with E-state index in [-0.39, 0.29) is 12.2 Å². The summed E-state index contributed by atoms with van der Waals surface area (Å²) in [6.45, 7) is 2.05. The predicted molar refractivity (Wildman–Crippen MR) is 77.9 cm³/mol. The Morgan fingerprint density at radius 3 is 2.65 bits per heavy atom. The van der Waals surface area contributed by atoms with E-state index in [0.29, 0.717) is 5.89 Å². The van der Waals surface area contributed by atoms with E-state index in [2.05, 4.69) is 4.98 Å². The van der Waals surface area contributed by atoms with Crippen LogP contribution in [0.15, 0.2) is 52.9 Å². The maximum atomic E-state index is 12.4. The zero-order valence-corrected chi connectivity index (χ0v) is 11.3. The first-order chi connectivity index (χ1) is 9.78. The molecule has 3 aromatic rings. The van der Waals surface area contributed by atoms with Crippen molar-refractivity contribution in [2.75, 3.05) is 0 Å². The predicted octanol–water partition coefficient (Wildman–Crippen LogP) is 3.82. The van der Waals surface area contributed by atoms with E-state index in [4.69, 9.17) is 4.42 Å². The summed E-state index contributed by atoms with van der Waals surface area (Å²) in [5.74, 6) is 0.524. The normalized spacial score (nSPS) is 10.8. The maximum Gasteiger partial charge on any atom is 0.203 e. The molecule has 0 aliphatic heterocycles. The molecule has 0 spiro atoms. The first kappa shape index (κ1) is 12.6. The Kier molecular flexibility index (Phi) is 3.33. The van der Waals surface area contributed by atoms with E-state index in [1.807, 2.05) is 55.5 Å². The second-order valence-corrected chi connectivity index (χ2v) is 4.69. The highest BCUT2D eigenvalue weighted by Crippen LogP contribution is 2.17. The van der Waals surface area contributed by atoms with Crippen molar-refractivity contribution in [2.24, 2.45) is 0 Å². The Bertz CT molecular complexity index is 725. The second-order valence-electron chi connectivity index (χ2n) is 4.69. The van der Waals surface area contributed by atoms with Crippen LogP contribution in [-0.4, -0.2) is 10.8 Å². The smallest absolute Gasteiger partial charge is 0.203 e. The first-order valence-corrected chi connectivity index (χ1v) is 6.73. The highest BCUT2D eigenvalue weighted by Gasteiger charge is 2.14. The van der Waals surface area contributed by atoms with Gasteiger partial charge in [-0.1, -0.05) is 43.3 Å². The molecule has 0 unspecified atom stereocenters. The zero-order valence-electron chi connectivity index (χ0n) is 11.3. The van der Waals surface area contributed by atoms with Gasteiger partial charge in [0.1, 0.15) is 5.52 Å². The van der Waals surface area contributed by atoms with Crippen molar-refractivity contribution < 1.29 is 9.21 Å². The van der Waals surface area contributed by atoms with Crippen molar-refractivity contribution in [1.29, 1.82) is 0 Å². The second kappa shape index (κ2) is 5.29. The molecule has 0 saturated carbocycles. The largest absolute Gasteiger partial charge is 0.440 e. The summed E-state index contributed by atoms with van der Waals surface area (Å²) in [7, 11) is 0. The molecule has 0 amide bonds. The monoisotopic (exact) mass is 265 g/mol. The quantitative estimate of drug-likeness (QED) is 0.673. The first-order valence-electron chi connectivity index (χ1n) is 6.73. The van der Waals surface area contributed by atoms with E-state index in [1.165, 1.54) is 0 Å². The van der Waals surface area contributed by atoms with Gasteiger partial charge in [-0.3, -0.25) is 4.79 Å². The molecule has 3 nitrogen and oxygen atoms in total. The Balaban J connectivity index is 1.88. The average Bonchev–Trinajstić information content (AvgIpc) is 2.89. The lowest BCUT2D eigenvalue weighted by Crippen LogP contribution is -2.06. The van der Waals surface area contributed by atoms with Crippen molar-refractivity contribution in [3.05, 3.63) is 65.5 Å². The minimum Gasteiger partial charge on any atom is -0.440 e. The van der Waals surface area contributed by atoms with Crippen LogP contribution < -0.4 is 0 Å². The van der Waals surface area contributed by atoms with Gasteiger partial charge in [0, 0.05) is 5.56 Å². The van der Waals surface area contributed by atoms with Crippen LogP contribution >= 0.6 is 0 Å². The fourth-order valence-corrected chi connectivity index (χ4v) is 2.33. The number of rotatable bonds is 4.